The van der Waals surface area contributed by atoms with Crippen molar-refractivity contribution in [3.8, 4) is 0 Å². The zero-order valence-electron chi connectivity index (χ0n) is 7.78. The van der Waals surface area contributed by atoms with Gasteiger partial charge in [-0.15, -0.1) is 10.2 Å². The third-order valence-corrected chi connectivity index (χ3v) is 1.95. The van der Waals surface area contributed by atoms with Gasteiger partial charge in [-0.25, -0.2) is 0 Å². The summed E-state index contributed by atoms with van der Waals surface area (Å²) in [6.45, 7) is 0.536. The highest BCUT2D eigenvalue weighted by Crippen LogP contribution is 2.13. The highest BCUT2D eigenvalue weighted by atomic mass is 16.6. The van der Waals surface area contributed by atoms with E-state index in [-0.39, 0.29) is 5.69 Å². The number of hydrogen-bond acceptors (Lipinski definition) is 4. The zero-order chi connectivity index (χ0) is 10.7. The summed E-state index contributed by atoms with van der Waals surface area (Å²) in [5, 5.41) is 17.8. The maximum atomic E-state index is 10.5. The monoisotopic (exact) mass is 204 g/mol. The van der Waals surface area contributed by atoms with Gasteiger partial charge < -0.3 is 4.57 Å². The van der Waals surface area contributed by atoms with Crippen molar-refractivity contribution in [3.05, 3.63) is 52.6 Å². The van der Waals surface area contributed by atoms with Crippen LogP contribution in [-0.2, 0) is 6.54 Å². The summed E-state index contributed by atoms with van der Waals surface area (Å²) >= 11 is 0. The van der Waals surface area contributed by atoms with E-state index < -0.39 is 4.92 Å². The Labute approximate surface area is 85.3 Å². The van der Waals surface area contributed by atoms with Crippen LogP contribution in [0.4, 0.5) is 5.69 Å². The average molecular weight is 204 g/mol. The van der Waals surface area contributed by atoms with Crippen molar-refractivity contribution < 1.29 is 4.92 Å². The lowest BCUT2D eigenvalue weighted by Gasteiger charge is -2.00. The first-order chi connectivity index (χ1) is 7.25. The van der Waals surface area contributed by atoms with E-state index in [1.54, 1.807) is 29.4 Å². The summed E-state index contributed by atoms with van der Waals surface area (Å²) in [5.74, 6) is 0. The Morgan fingerprint density at radius 2 is 2.07 bits per heavy atom. The first kappa shape index (κ1) is 9.32. The van der Waals surface area contributed by atoms with Crippen LogP contribution in [0.25, 0.3) is 0 Å². The molecule has 15 heavy (non-hydrogen) atoms. The third-order valence-electron chi connectivity index (χ3n) is 1.95. The quantitative estimate of drug-likeness (QED) is 0.556. The maximum Gasteiger partial charge on any atom is 0.269 e. The molecule has 0 radical (unpaired) electrons. The van der Waals surface area contributed by atoms with Crippen LogP contribution in [0.15, 0.2) is 36.9 Å². The predicted octanol–water partition coefficient (Wildman–Crippen LogP) is 1.23. The van der Waals surface area contributed by atoms with Crippen LogP contribution in [-0.4, -0.2) is 19.7 Å². The number of aromatic nitrogens is 3. The van der Waals surface area contributed by atoms with E-state index in [4.69, 9.17) is 0 Å². The molecule has 0 aliphatic carbocycles. The molecule has 1 aromatic heterocycles. The van der Waals surface area contributed by atoms with E-state index in [9.17, 15) is 10.1 Å². The molecule has 0 fully saturated rings. The Bertz CT molecular complexity index is 467. The van der Waals surface area contributed by atoms with Gasteiger partial charge in [-0.05, 0) is 5.56 Å². The van der Waals surface area contributed by atoms with Crippen LogP contribution in [0.1, 0.15) is 5.56 Å². The minimum Gasteiger partial charge on any atom is -0.316 e. The van der Waals surface area contributed by atoms with E-state index in [0.717, 1.165) is 5.56 Å². The van der Waals surface area contributed by atoms with Crippen LogP contribution in [0, 0.1) is 10.1 Å². The molecule has 0 bridgehead atoms. The largest absolute Gasteiger partial charge is 0.316 e. The molecule has 0 aliphatic heterocycles. The van der Waals surface area contributed by atoms with E-state index in [2.05, 4.69) is 10.2 Å². The fraction of sp³-hybridized carbons (Fsp3) is 0.111. The molecule has 6 nitrogen and oxygen atoms in total. The van der Waals surface area contributed by atoms with Gasteiger partial charge in [-0.1, -0.05) is 12.1 Å². The maximum absolute atomic E-state index is 10.5. The Morgan fingerprint density at radius 1 is 1.33 bits per heavy atom. The first-order valence-corrected chi connectivity index (χ1v) is 4.31. The van der Waals surface area contributed by atoms with Gasteiger partial charge in [-0.3, -0.25) is 10.1 Å². The van der Waals surface area contributed by atoms with Gasteiger partial charge >= 0.3 is 0 Å². The summed E-state index contributed by atoms with van der Waals surface area (Å²) < 4.78 is 1.75. The molecule has 0 spiro atoms. The van der Waals surface area contributed by atoms with Crippen molar-refractivity contribution in [2.45, 2.75) is 6.54 Å². The van der Waals surface area contributed by atoms with Crippen LogP contribution < -0.4 is 0 Å². The molecule has 0 saturated carbocycles. The second-order valence-corrected chi connectivity index (χ2v) is 3.06. The standard InChI is InChI=1S/C9H8N4O2/c14-13(15)9-3-1-2-8(4-9)5-12-6-10-11-7-12/h1-4,6-7H,5H2. The van der Waals surface area contributed by atoms with E-state index in [1.807, 2.05) is 6.07 Å². The lowest BCUT2D eigenvalue weighted by Crippen LogP contribution is -1.97. The highest BCUT2D eigenvalue weighted by molar-refractivity contribution is 5.34. The second kappa shape index (κ2) is 3.87. The Morgan fingerprint density at radius 3 is 2.73 bits per heavy atom. The van der Waals surface area contributed by atoms with Gasteiger partial charge in [0.05, 0.1) is 11.5 Å². The summed E-state index contributed by atoms with van der Waals surface area (Å²) in [4.78, 5) is 10.1. The Kier molecular flexibility index (Phi) is 2.40. The van der Waals surface area contributed by atoms with Crippen molar-refractivity contribution in [1.82, 2.24) is 14.8 Å². The van der Waals surface area contributed by atoms with Crippen LogP contribution in [0.3, 0.4) is 0 Å². The molecular weight excluding hydrogens is 196 g/mol. The van der Waals surface area contributed by atoms with Crippen LogP contribution >= 0.6 is 0 Å². The average Bonchev–Trinajstić information content (AvgIpc) is 2.71. The molecule has 76 valence electrons. The summed E-state index contributed by atoms with van der Waals surface area (Å²) in [6, 6.07) is 6.50. The Balaban J connectivity index is 2.22. The minimum absolute atomic E-state index is 0.0978. The fourth-order valence-electron chi connectivity index (χ4n) is 1.28. The van der Waals surface area contributed by atoms with Crippen molar-refractivity contribution in [1.29, 1.82) is 0 Å². The van der Waals surface area contributed by atoms with Crippen molar-refractivity contribution in [2.24, 2.45) is 0 Å². The van der Waals surface area contributed by atoms with Gasteiger partial charge in [0.1, 0.15) is 12.7 Å². The molecule has 6 heteroatoms. The zero-order valence-corrected chi connectivity index (χ0v) is 7.78. The lowest BCUT2D eigenvalue weighted by molar-refractivity contribution is -0.384. The molecule has 2 aromatic rings. The normalized spacial score (nSPS) is 10.1. The van der Waals surface area contributed by atoms with Crippen molar-refractivity contribution in [2.75, 3.05) is 0 Å². The molecule has 0 unspecified atom stereocenters. The first-order valence-electron chi connectivity index (χ1n) is 4.31. The molecule has 0 saturated heterocycles. The van der Waals surface area contributed by atoms with Gasteiger partial charge in [0, 0.05) is 12.1 Å². The summed E-state index contributed by atoms with van der Waals surface area (Å²) in [6.07, 6.45) is 3.14. The number of nitro groups is 1. The summed E-state index contributed by atoms with van der Waals surface area (Å²) in [5.41, 5.74) is 0.949. The van der Waals surface area contributed by atoms with Crippen molar-refractivity contribution >= 4 is 5.69 Å². The van der Waals surface area contributed by atoms with Gasteiger partial charge in [0.15, 0.2) is 0 Å². The highest BCUT2D eigenvalue weighted by Gasteiger charge is 2.05. The molecule has 0 atom stereocenters. The van der Waals surface area contributed by atoms with E-state index in [1.165, 1.54) is 6.07 Å². The van der Waals surface area contributed by atoms with E-state index >= 15 is 0 Å². The molecule has 0 aliphatic rings. The third kappa shape index (κ3) is 2.16. The predicted molar refractivity (Wildman–Crippen MR) is 52.2 cm³/mol. The number of nitro benzene ring substituents is 1. The van der Waals surface area contributed by atoms with Gasteiger partial charge in [-0.2, -0.15) is 0 Å². The van der Waals surface area contributed by atoms with Crippen LogP contribution in [0.5, 0.6) is 0 Å². The van der Waals surface area contributed by atoms with E-state index in [0.29, 0.717) is 6.54 Å². The van der Waals surface area contributed by atoms with Gasteiger partial charge in [0.25, 0.3) is 5.69 Å². The number of non-ortho nitro benzene ring substituents is 1. The number of hydrogen-bond donors (Lipinski definition) is 0. The lowest BCUT2D eigenvalue weighted by atomic mass is 10.2. The molecule has 0 N–H and O–H groups in total. The van der Waals surface area contributed by atoms with Crippen molar-refractivity contribution in [3.63, 3.8) is 0 Å². The number of benzene rings is 1. The van der Waals surface area contributed by atoms with Crippen LogP contribution in [0.2, 0.25) is 0 Å². The Hall–Kier alpha value is -2.24. The summed E-state index contributed by atoms with van der Waals surface area (Å²) in [7, 11) is 0. The SMILES string of the molecule is O=[N+]([O-])c1cccc(Cn2cnnc2)c1. The molecule has 1 heterocycles. The second-order valence-electron chi connectivity index (χ2n) is 3.06. The topological polar surface area (TPSA) is 73.8 Å². The number of rotatable bonds is 3. The molecule has 1 aromatic carbocycles. The molecule has 2 rings (SSSR count). The van der Waals surface area contributed by atoms with Gasteiger partial charge in [0.2, 0.25) is 0 Å². The number of nitrogens with zero attached hydrogens (tertiary/aromatic N) is 4. The molecular formula is C9H8N4O2. The fourth-order valence-corrected chi connectivity index (χ4v) is 1.28. The smallest absolute Gasteiger partial charge is 0.269 e. The molecule has 0 amide bonds. The minimum atomic E-state index is -0.407.